The molecule has 2 aliphatic rings. The first kappa shape index (κ1) is 13.6. The normalized spacial score (nSPS) is 23.4. The number of carbonyl (C=O) groups excluding carboxylic acids is 1. The summed E-state index contributed by atoms with van der Waals surface area (Å²) >= 11 is 0. The Kier molecular flexibility index (Phi) is 3.55. The van der Waals surface area contributed by atoms with Gasteiger partial charge < -0.3 is 10.0 Å². The monoisotopic (exact) mass is 273 g/mol. The van der Waals surface area contributed by atoms with Crippen molar-refractivity contribution in [3.63, 3.8) is 0 Å². The fourth-order valence-corrected chi connectivity index (χ4v) is 3.40. The predicted octanol–water partition coefficient (Wildman–Crippen LogP) is 2.34. The summed E-state index contributed by atoms with van der Waals surface area (Å²) in [6, 6.07) is 10.2. The van der Waals surface area contributed by atoms with E-state index in [4.69, 9.17) is 0 Å². The van der Waals surface area contributed by atoms with Crippen LogP contribution in [0.4, 0.5) is 0 Å². The molecule has 1 saturated heterocycles. The van der Waals surface area contributed by atoms with Gasteiger partial charge in [0.25, 0.3) is 0 Å². The van der Waals surface area contributed by atoms with Gasteiger partial charge in [0.1, 0.15) is 0 Å². The molecule has 20 heavy (non-hydrogen) atoms. The lowest BCUT2D eigenvalue weighted by Crippen LogP contribution is -2.45. The maximum atomic E-state index is 12.8. The van der Waals surface area contributed by atoms with Crippen molar-refractivity contribution in [1.29, 1.82) is 0 Å². The maximum Gasteiger partial charge on any atom is 0.233 e. The van der Waals surface area contributed by atoms with Crippen LogP contribution in [0.5, 0.6) is 0 Å². The van der Waals surface area contributed by atoms with Gasteiger partial charge in [-0.05, 0) is 44.1 Å². The fourth-order valence-electron chi connectivity index (χ4n) is 3.40. The number of benzene rings is 1. The van der Waals surface area contributed by atoms with Gasteiger partial charge in [-0.15, -0.1) is 0 Å². The van der Waals surface area contributed by atoms with Gasteiger partial charge >= 0.3 is 0 Å². The zero-order valence-electron chi connectivity index (χ0n) is 12.1. The molecule has 0 bridgehead atoms. The molecule has 1 atom stereocenters. The minimum atomic E-state index is -0.253. The van der Waals surface area contributed by atoms with Crippen LogP contribution in [0.3, 0.4) is 0 Å². The fraction of sp³-hybridized carbons (Fsp3) is 0.588. The molecule has 0 aromatic heterocycles. The Labute approximate surface area is 120 Å². The van der Waals surface area contributed by atoms with E-state index in [-0.39, 0.29) is 11.5 Å². The molecule has 0 spiro atoms. The van der Waals surface area contributed by atoms with Crippen molar-refractivity contribution in [3.8, 4) is 0 Å². The van der Waals surface area contributed by atoms with Crippen LogP contribution < -0.4 is 0 Å². The highest BCUT2D eigenvalue weighted by Crippen LogP contribution is 2.49. The Morgan fingerprint density at radius 1 is 1.25 bits per heavy atom. The molecule has 3 nitrogen and oxygen atoms in total. The Hall–Kier alpha value is -1.35. The number of aliphatic hydroxyl groups excluding tert-OH is 1. The average molecular weight is 273 g/mol. The van der Waals surface area contributed by atoms with Gasteiger partial charge in [-0.1, -0.05) is 30.3 Å². The lowest BCUT2D eigenvalue weighted by molar-refractivity contribution is -0.136. The zero-order chi connectivity index (χ0) is 14.2. The van der Waals surface area contributed by atoms with E-state index < -0.39 is 0 Å². The SMILES string of the molecule is CC(O)C1CCN(C(=O)C2(c3ccccc3)CC2)CC1. The first-order chi connectivity index (χ1) is 9.63. The molecule has 1 aromatic carbocycles. The summed E-state index contributed by atoms with van der Waals surface area (Å²) in [7, 11) is 0. The first-order valence-electron chi connectivity index (χ1n) is 7.66. The highest BCUT2D eigenvalue weighted by Gasteiger charge is 2.53. The van der Waals surface area contributed by atoms with Crippen LogP contribution in [0.2, 0.25) is 0 Å². The Balaban J connectivity index is 1.69. The number of amides is 1. The summed E-state index contributed by atoms with van der Waals surface area (Å²) < 4.78 is 0. The second-order valence-electron chi connectivity index (χ2n) is 6.32. The minimum absolute atomic E-state index is 0.237. The van der Waals surface area contributed by atoms with Crippen molar-refractivity contribution in [2.24, 2.45) is 5.92 Å². The third kappa shape index (κ3) is 2.35. The quantitative estimate of drug-likeness (QED) is 0.918. The molecule has 108 valence electrons. The van der Waals surface area contributed by atoms with Crippen molar-refractivity contribution in [3.05, 3.63) is 35.9 Å². The Morgan fingerprint density at radius 2 is 1.85 bits per heavy atom. The molecule has 3 rings (SSSR count). The summed E-state index contributed by atoms with van der Waals surface area (Å²) in [5, 5.41) is 9.65. The molecule has 1 aromatic rings. The van der Waals surface area contributed by atoms with Gasteiger partial charge in [0.05, 0.1) is 11.5 Å². The number of rotatable bonds is 3. The second-order valence-corrected chi connectivity index (χ2v) is 6.32. The molecular formula is C17H23NO2. The van der Waals surface area contributed by atoms with E-state index in [1.165, 1.54) is 5.56 Å². The van der Waals surface area contributed by atoms with Crippen LogP contribution in [0.1, 0.15) is 38.2 Å². The van der Waals surface area contributed by atoms with E-state index in [1.54, 1.807) is 0 Å². The average Bonchev–Trinajstić information content (AvgIpc) is 3.29. The van der Waals surface area contributed by atoms with Gasteiger partial charge in [0.15, 0.2) is 0 Å². The van der Waals surface area contributed by atoms with Crippen molar-refractivity contribution in [1.82, 2.24) is 4.90 Å². The number of hydrogen-bond donors (Lipinski definition) is 1. The molecule has 1 unspecified atom stereocenters. The zero-order valence-corrected chi connectivity index (χ0v) is 12.1. The molecule has 1 heterocycles. The van der Waals surface area contributed by atoms with Gasteiger partial charge in [0.2, 0.25) is 5.91 Å². The van der Waals surface area contributed by atoms with Crippen LogP contribution in [-0.4, -0.2) is 35.1 Å². The molecule has 2 fully saturated rings. The van der Waals surface area contributed by atoms with Crippen LogP contribution in [0.25, 0.3) is 0 Å². The standard InChI is InChI=1S/C17H23NO2/c1-13(19)14-7-11-18(12-8-14)16(20)17(9-10-17)15-5-3-2-4-6-15/h2-6,13-14,19H,7-12H2,1H3. The third-order valence-corrected chi connectivity index (χ3v) is 4.99. The smallest absolute Gasteiger partial charge is 0.233 e. The summed E-state index contributed by atoms with van der Waals surface area (Å²) in [6.45, 7) is 3.44. The van der Waals surface area contributed by atoms with E-state index >= 15 is 0 Å². The molecule has 1 amide bonds. The van der Waals surface area contributed by atoms with Gasteiger partial charge in [-0.2, -0.15) is 0 Å². The van der Waals surface area contributed by atoms with Gasteiger partial charge in [0, 0.05) is 13.1 Å². The van der Waals surface area contributed by atoms with Crippen LogP contribution in [0, 0.1) is 5.92 Å². The maximum absolute atomic E-state index is 12.8. The lowest BCUT2D eigenvalue weighted by Gasteiger charge is -2.35. The number of piperidine rings is 1. The van der Waals surface area contributed by atoms with Gasteiger partial charge in [-0.3, -0.25) is 4.79 Å². The van der Waals surface area contributed by atoms with Crippen molar-refractivity contribution >= 4 is 5.91 Å². The van der Waals surface area contributed by atoms with Crippen molar-refractivity contribution in [2.45, 2.75) is 44.1 Å². The van der Waals surface area contributed by atoms with E-state index in [0.717, 1.165) is 38.8 Å². The molecule has 0 radical (unpaired) electrons. The minimum Gasteiger partial charge on any atom is -0.393 e. The molecule has 1 aliphatic carbocycles. The largest absolute Gasteiger partial charge is 0.393 e. The van der Waals surface area contributed by atoms with Crippen LogP contribution >= 0.6 is 0 Å². The van der Waals surface area contributed by atoms with E-state index in [0.29, 0.717) is 11.8 Å². The molecule has 1 N–H and O–H groups in total. The molecule has 1 aliphatic heterocycles. The predicted molar refractivity (Wildman–Crippen MR) is 78.3 cm³/mol. The number of nitrogens with zero attached hydrogens (tertiary/aromatic N) is 1. The molecule has 1 saturated carbocycles. The third-order valence-electron chi connectivity index (χ3n) is 4.99. The Bertz CT molecular complexity index is 471. The van der Waals surface area contributed by atoms with Crippen LogP contribution in [0.15, 0.2) is 30.3 Å². The lowest BCUT2D eigenvalue weighted by atomic mass is 9.89. The Morgan fingerprint density at radius 3 is 2.35 bits per heavy atom. The van der Waals surface area contributed by atoms with Crippen molar-refractivity contribution in [2.75, 3.05) is 13.1 Å². The summed E-state index contributed by atoms with van der Waals surface area (Å²) in [4.78, 5) is 14.8. The number of carbonyl (C=O) groups is 1. The summed E-state index contributed by atoms with van der Waals surface area (Å²) in [5.74, 6) is 0.652. The number of hydrogen-bond acceptors (Lipinski definition) is 2. The summed E-state index contributed by atoms with van der Waals surface area (Å²) in [5.41, 5.74) is 0.932. The number of likely N-dealkylation sites (tertiary alicyclic amines) is 1. The topological polar surface area (TPSA) is 40.5 Å². The van der Waals surface area contributed by atoms with E-state index in [9.17, 15) is 9.90 Å². The highest BCUT2D eigenvalue weighted by atomic mass is 16.3. The van der Waals surface area contributed by atoms with Crippen molar-refractivity contribution < 1.29 is 9.90 Å². The van der Waals surface area contributed by atoms with Gasteiger partial charge in [-0.25, -0.2) is 0 Å². The highest BCUT2D eigenvalue weighted by molar-refractivity contribution is 5.91. The molecular weight excluding hydrogens is 250 g/mol. The second kappa shape index (κ2) is 5.21. The number of aliphatic hydroxyl groups is 1. The summed E-state index contributed by atoms with van der Waals surface area (Å²) in [6.07, 6.45) is 3.55. The van der Waals surface area contributed by atoms with E-state index in [1.807, 2.05) is 30.0 Å². The first-order valence-corrected chi connectivity index (χ1v) is 7.66. The molecule has 3 heteroatoms. The van der Waals surface area contributed by atoms with Crippen LogP contribution in [-0.2, 0) is 10.2 Å². The van der Waals surface area contributed by atoms with E-state index in [2.05, 4.69) is 12.1 Å².